The van der Waals surface area contributed by atoms with E-state index in [2.05, 4.69) is 17.0 Å². The Morgan fingerprint density at radius 3 is 2.26 bits per heavy atom. The molecule has 0 aromatic heterocycles. The fraction of sp³-hybridized carbons (Fsp3) is 0.308. The SMILES string of the molecule is CN(Cc1ccccc1)CC1CCc2ccccc2C1(O)c1ccc(C(F)(F)F)cc1. The maximum absolute atomic E-state index is 13.1. The number of aliphatic hydroxyl groups is 1. The second-order valence-electron chi connectivity index (χ2n) is 8.42. The molecular formula is C26H26F3NO. The standard InChI is InChI=1S/C26H26F3NO/c1-30(17-19-7-3-2-4-8-19)18-23-12-11-20-9-5-6-10-24(20)25(23,31)21-13-15-22(16-14-21)26(27,28)29/h2-10,13-16,23,31H,11-12,17-18H2,1H3. The number of benzene rings is 3. The summed E-state index contributed by atoms with van der Waals surface area (Å²) in [5, 5.41) is 12.1. The molecule has 1 aliphatic carbocycles. The molecule has 2 nitrogen and oxygen atoms in total. The van der Waals surface area contributed by atoms with Crippen molar-refractivity contribution in [3.63, 3.8) is 0 Å². The van der Waals surface area contributed by atoms with Crippen molar-refractivity contribution in [3.8, 4) is 0 Å². The molecule has 0 saturated heterocycles. The van der Waals surface area contributed by atoms with Crippen LogP contribution in [0.25, 0.3) is 0 Å². The van der Waals surface area contributed by atoms with E-state index >= 15 is 0 Å². The molecule has 1 N–H and O–H groups in total. The van der Waals surface area contributed by atoms with Gasteiger partial charge in [-0.25, -0.2) is 0 Å². The van der Waals surface area contributed by atoms with Gasteiger partial charge in [0.2, 0.25) is 0 Å². The predicted molar refractivity (Wildman–Crippen MR) is 115 cm³/mol. The molecule has 0 radical (unpaired) electrons. The summed E-state index contributed by atoms with van der Waals surface area (Å²) in [5.41, 5.74) is 1.47. The van der Waals surface area contributed by atoms with Crippen LogP contribution in [0, 0.1) is 5.92 Å². The number of aryl methyl sites for hydroxylation is 1. The van der Waals surface area contributed by atoms with Crippen LogP contribution in [0.1, 0.15) is 34.2 Å². The van der Waals surface area contributed by atoms with Crippen LogP contribution in [-0.4, -0.2) is 23.6 Å². The van der Waals surface area contributed by atoms with E-state index in [9.17, 15) is 18.3 Å². The molecule has 31 heavy (non-hydrogen) atoms. The Balaban J connectivity index is 1.67. The molecule has 2 unspecified atom stereocenters. The second kappa shape index (κ2) is 8.48. The lowest BCUT2D eigenvalue weighted by Gasteiger charge is -2.43. The third-order valence-corrected chi connectivity index (χ3v) is 6.26. The highest BCUT2D eigenvalue weighted by Crippen LogP contribution is 2.45. The average Bonchev–Trinajstić information content (AvgIpc) is 2.76. The van der Waals surface area contributed by atoms with Crippen LogP contribution >= 0.6 is 0 Å². The van der Waals surface area contributed by atoms with E-state index in [-0.39, 0.29) is 5.92 Å². The van der Waals surface area contributed by atoms with Gasteiger partial charge in [-0.05, 0) is 54.3 Å². The molecule has 1 aliphatic rings. The topological polar surface area (TPSA) is 23.5 Å². The highest BCUT2D eigenvalue weighted by molar-refractivity contribution is 5.45. The van der Waals surface area contributed by atoms with Gasteiger partial charge in [0.25, 0.3) is 0 Å². The largest absolute Gasteiger partial charge is 0.416 e. The van der Waals surface area contributed by atoms with Crippen molar-refractivity contribution in [3.05, 3.63) is 107 Å². The molecule has 0 saturated carbocycles. The number of rotatable bonds is 5. The van der Waals surface area contributed by atoms with Gasteiger partial charge in [-0.3, -0.25) is 0 Å². The van der Waals surface area contributed by atoms with Crippen LogP contribution in [0.3, 0.4) is 0 Å². The van der Waals surface area contributed by atoms with E-state index in [1.165, 1.54) is 17.7 Å². The maximum Gasteiger partial charge on any atom is 0.416 e. The van der Waals surface area contributed by atoms with Crippen LogP contribution in [0.2, 0.25) is 0 Å². The predicted octanol–water partition coefficient (Wildman–Crippen LogP) is 5.64. The lowest BCUT2D eigenvalue weighted by Crippen LogP contribution is -2.45. The average molecular weight is 425 g/mol. The summed E-state index contributed by atoms with van der Waals surface area (Å²) in [6, 6.07) is 22.8. The van der Waals surface area contributed by atoms with Crippen LogP contribution in [0.15, 0.2) is 78.9 Å². The number of hydrogen-bond donors (Lipinski definition) is 1. The quantitative estimate of drug-likeness (QED) is 0.572. The van der Waals surface area contributed by atoms with Crippen LogP contribution in [0.5, 0.6) is 0 Å². The molecule has 162 valence electrons. The Kier molecular flexibility index (Phi) is 5.91. The zero-order chi connectivity index (χ0) is 22.1. The van der Waals surface area contributed by atoms with Gasteiger partial charge in [0, 0.05) is 19.0 Å². The van der Waals surface area contributed by atoms with Crippen LogP contribution < -0.4 is 0 Å². The van der Waals surface area contributed by atoms with E-state index in [0.29, 0.717) is 12.1 Å². The second-order valence-corrected chi connectivity index (χ2v) is 8.42. The summed E-state index contributed by atoms with van der Waals surface area (Å²) in [6.07, 6.45) is -2.81. The minimum absolute atomic E-state index is 0.146. The molecule has 5 heteroatoms. The summed E-state index contributed by atoms with van der Waals surface area (Å²) in [6.45, 7) is 1.36. The van der Waals surface area contributed by atoms with E-state index in [1.54, 1.807) is 0 Å². The van der Waals surface area contributed by atoms with Crippen molar-refractivity contribution in [2.75, 3.05) is 13.6 Å². The third-order valence-electron chi connectivity index (χ3n) is 6.26. The molecule has 2 atom stereocenters. The third kappa shape index (κ3) is 4.39. The Labute approximate surface area is 181 Å². The molecule has 0 spiro atoms. The first-order valence-electron chi connectivity index (χ1n) is 10.5. The van der Waals surface area contributed by atoms with Crippen molar-refractivity contribution in [1.29, 1.82) is 0 Å². The normalized spacial score (nSPS) is 21.2. The first kappa shape index (κ1) is 21.6. The Bertz CT molecular complexity index is 1020. The smallest absolute Gasteiger partial charge is 0.380 e. The van der Waals surface area contributed by atoms with E-state index < -0.39 is 17.3 Å². The first-order chi connectivity index (χ1) is 14.8. The first-order valence-corrected chi connectivity index (χ1v) is 10.5. The van der Waals surface area contributed by atoms with E-state index in [0.717, 1.165) is 42.6 Å². The van der Waals surface area contributed by atoms with Gasteiger partial charge in [0.1, 0.15) is 5.60 Å². The van der Waals surface area contributed by atoms with Gasteiger partial charge in [-0.15, -0.1) is 0 Å². The molecule has 3 aromatic carbocycles. The Hall–Kier alpha value is -2.63. The number of nitrogens with zero attached hydrogens (tertiary/aromatic N) is 1. The van der Waals surface area contributed by atoms with Crippen LogP contribution in [-0.2, 0) is 24.7 Å². The summed E-state index contributed by atoms with van der Waals surface area (Å²) < 4.78 is 39.2. The molecule has 0 aliphatic heterocycles. The highest BCUT2D eigenvalue weighted by Gasteiger charge is 2.44. The lowest BCUT2D eigenvalue weighted by atomic mass is 9.68. The minimum atomic E-state index is -4.40. The van der Waals surface area contributed by atoms with Gasteiger partial charge in [-0.2, -0.15) is 13.2 Å². The summed E-state index contributed by atoms with van der Waals surface area (Å²) in [7, 11) is 2.01. The summed E-state index contributed by atoms with van der Waals surface area (Å²) in [5.74, 6) is -0.146. The fourth-order valence-electron chi connectivity index (χ4n) is 4.73. The zero-order valence-corrected chi connectivity index (χ0v) is 17.4. The summed E-state index contributed by atoms with van der Waals surface area (Å²) >= 11 is 0. The van der Waals surface area contributed by atoms with Crippen molar-refractivity contribution >= 4 is 0 Å². The molecule has 0 amide bonds. The fourth-order valence-corrected chi connectivity index (χ4v) is 4.73. The molecule has 0 bridgehead atoms. The Morgan fingerprint density at radius 2 is 1.58 bits per heavy atom. The van der Waals surface area contributed by atoms with Gasteiger partial charge in [-0.1, -0.05) is 66.7 Å². The Morgan fingerprint density at radius 1 is 0.935 bits per heavy atom. The molecule has 0 fully saturated rings. The van der Waals surface area contributed by atoms with Crippen LogP contribution in [0.4, 0.5) is 13.2 Å². The van der Waals surface area contributed by atoms with E-state index in [4.69, 9.17) is 0 Å². The monoisotopic (exact) mass is 425 g/mol. The number of hydrogen-bond acceptors (Lipinski definition) is 2. The van der Waals surface area contributed by atoms with Crippen molar-refractivity contribution in [1.82, 2.24) is 4.90 Å². The van der Waals surface area contributed by atoms with Gasteiger partial charge >= 0.3 is 6.18 Å². The molecule has 3 aromatic rings. The van der Waals surface area contributed by atoms with Crippen molar-refractivity contribution in [2.45, 2.75) is 31.2 Å². The number of fused-ring (bicyclic) bond motifs is 1. The number of halogens is 3. The van der Waals surface area contributed by atoms with E-state index in [1.807, 2.05) is 49.5 Å². The summed E-state index contributed by atoms with van der Waals surface area (Å²) in [4.78, 5) is 2.17. The lowest BCUT2D eigenvalue weighted by molar-refractivity contribution is -0.137. The maximum atomic E-state index is 13.1. The zero-order valence-electron chi connectivity index (χ0n) is 17.4. The van der Waals surface area contributed by atoms with Gasteiger partial charge in [0.05, 0.1) is 5.56 Å². The highest BCUT2D eigenvalue weighted by atomic mass is 19.4. The minimum Gasteiger partial charge on any atom is -0.380 e. The molecular weight excluding hydrogens is 399 g/mol. The molecule has 4 rings (SSSR count). The van der Waals surface area contributed by atoms with Crippen molar-refractivity contribution in [2.24, 2.45) is 5.92 Å². The van der Waals surface area contributed by atoms with Gasteiger partial charge in [0.15, 0.2) is 0 Å². The van der Waals surface area contributed by atoms with Gasteiger partial charge < -0.3 is 10.0 Å². The number of alkyl halides is 3. The molecule has 0 heterocycles. The van der Waals surface area contributed by atoms with Crippen molar-refractivity contribution < 1.29 is 18.3 Å².